The molecule has 0 bridgehead atoms. The van der Waals surface area contributed by atoms with Crippen LogP contribution >= 0.6 is 11.3 Å². The Morgan fingerprint density at radius 3 is 3.08 bits per heavy atom. The summed E-state index contributed by atoms with van der Waals surface area (Å²) in [6.45, 7) is 2.04. The summed E-state index contributed by atoms with van der Waals surface area (Å²) in [5.74, 6) is 0. The zero-order valence-corrected chi connectivity index (χ0v) is 8.60. The zero-order chi connectivity index (χ0) is 9.26. The number of hydrogen-bond acceptors (Lipinski definition) is 3. The van der Waals surface area contributed by atoms with E-state index in [1.165, 1.54) is 11.3 Å². The highest BCUT2D eigenvalue weighted by atomic mass is 32.1. The van der Waals surface area contributed by atoms with Crippen LogP contribution in [0.2, 0.25) is 0 Å². The lowest BCUT2D eigenvalue weighted by atomic mass is 10.1. The van der Waals surface area contributed by atoms with Crippen molar-refractivity contribution in [1.29, 1.82) is 0 Å². The molecule has 2 nitrogen and oxygen atoms in total. The summed E-state index contributed by atoms with van der Waals surface area (Å²) in [6, 6.07) is 0.287. The maximum atomic E-state index is 5.79. The fourth-order valence-electron chi connectivity index (χ4n) is 1.69. The molecular weight excluding hydrogens is 180 g/mol. The fourth-order valence-corrected chi connectivity index (χ4v) is 2.30. The maximum Gasteiger partial charge on any atom is 0.0897 e. The second-order valence-corrected chi connectivity index (χ2v) is 4.62. The third-order valence-corrected chi connectivity index (χ3v) is 3.15. The molecule has 0 saturated carbocycles. The number of thiazole rings is 1. The zero-order valence-electron chi connectivity index (χ0n) is 7.79. The molecule has 0 radical (unpaired) electrons. The lowest BCUT2D eigenvalue weighted by molar-refractivity contribution is 0.769. The van der Waals surface area contributed by atoms with E-state index in [4.69, 9.17) is 5.73 Å². The normalized spacial score (nSPS) is 22.0. The summed E-state index contributed by atoms with van der Waals surface area (Å²) < 4.78 is 0. The highest BCUT2D eigenvalue weighted by Gasteiger charge is 2.12. The lowest BCUT2D eigenvalue weighted by Gasteiger charge is -1.95. The van der Waals surface area contributed by atoms with Gasteiger partial charge in [-0.2, -0.15) is 0 Å². The van der Waals surface area contributed by atoms with E-state index in [9.17, 15) is 0 Å². The minimum atomic E-state index is 0.287. The Kier molecular flexibility index (Phi) is 2.47. The van der Waals surface area contributed by atoms with E-state index in [1.807, 2.05) is 6.92 Å². The Bertz CT molecular complexity index is 327. The van der Waals surface area contributed by atoms with Gasteiger partial charge in [0.05, 0.1) is 10.7 Å². The van der Waals surface area contributed by atoms with E-state index in [2.05, 4.69) is 16.4 Å². The summed E-state index contributed by atoms with van der Waals surface area (Å²) in [5.41, 5.74) is 8.44. The number of nitrogens with zero attached hydrogens (tertiary/aromatic N) is 1. The Morgan fingerprint density at radius 2 is 2.54 bits per heavy atom. The molecule has 0 spiro atoms. The van der Waals surface area contributed by atoms with Crippen molar-refractivity contribution in [3.8, 4) is 0 Å². The van der Waals surface area contributed by atoms with Crippen molar-refractivity contribution in [3.63, 3.8) is 0 Å². The van der Waals surface area contributed by atoms with Gasteiger partial charge in [-0.15, -0.1) is 11.3 Å². The monoisotopic (exact) mass is 194 g/mol. The van der Waals surface area contributed by atoms with E-state index < -0.39 is 0 Å². The molecular formula is C10H14N2S. The van der Waals surface area contributed by atoms with Crippen molar-refractivity contribution < 1.29 is 0 Å². The Hall–Kier alpha value is -0.670. The van der Waals surface area contributed by atoms with Gasteiger partial charge < -0.3 is 5.73 Å². The van der Waals surface area contributed by atoms with Crippen molar-refractivity contribution in [2.45, 2.75) is 32.2 Å². The van der Waals surface area contributed by atoms with Crippen molar-refractivity contribution in [1.82, 2.24) is 4.98 Å². The van der Waals surface area contributed by atoms with E-state index in [1.54, 1.807) is 11.3 Å². The first-order valence-electron chi connectivity index (χ1n) is 4.60. The van der Waals surface area contributed by atoms with Crippen molar-refractivity contribution in [2.24, 2.45) is 5.73 Å². The number of aryl methyl sites for hydroxylation is 1. The summed E-state index contributed by atoms with van der Waals surface area (Å²) in [4.78, 5) is 4.44. The van der Waals surface area contributed by atoms with E-state index >= 15 is 0 Å². The van der Waals surface area contributed by atoms with Crippen LogP contribution in [0.4, 0.5) is 0 Å². The third-order valence-electron chi connectivity index (χ3n) is 2.32. The number of allylic oxidation sites excluding steroid dienone is 1. The smallest absolute Gasteiger partial charge is 0.0897 e. The van der Waals surface area contributed by atoms with Crippen molar-refractivity contribution in [2.75, 3.05) is 0 Å². The molecule has 2 rings (SSSR count). The number of aromatic nitrogens is 1. The molecule has 2 N–H and O–H groups in total. The van der Waals surface area contributed by atoms with Gasteiger partial charge >= 0.3 is 0 Å². The molecule has 0 aromatic carbocycles. The SMILES string of the molecule is Cc1nc(CC2=CC(N)CC2)cs1. The summed E-state index contributed by atoms with van der Waals surface area (Å²) in [5, 5.41) is 3.29. The van der Waals surface area contributed by atoms with E-state index in [0.29, 0.717) is 0 Å². The first-order valence-corrected chi connectivity index (χ1v) is 5.48. The molecule has 1 aromatic rings. The van der Waals surface area contributed by atoms with Crippen LogP contribution in [0.15, 0.2) is 17.0 Å². The average Bonchev–Trinajstić information content (AvgIpc) is 2.62. The maximum absolute atomic E-state index is 5.79. The Morgan fingerprint density at radius 1 is 1.69 bits per heavy atom. The van der Waals surface area contributed by atoms with Crippen LogP contribution in [-0.2, 0) is 6.42 Å². The molecule has 0 fully saturated rings. The molecule has 1 atom stereocenters. The van der Waals surface area contributed by atoms with Crippen molar-refractivity contribution >= 4 is 11.3 Å². The highest BCUT2D eigenvalue weighted by molar-refractivity contribution is 7.09. The third kappa shape index (κ3) is 2.17. The number of hydrogen-bond donors (Lipinski definition) is 1. The van der Waals surface area contributed by atoms with Crippen LogP contribution < -0.4 is 5.73 Å². The van der Waals surface area contributed by atoms with Crippen LogP contribution in [0.1, 0.15) is 23.5 Å². The van der Waals surface area contributed by atoms with Gasteiger partial charge in [-0.1, -0.05) is 11.6 Å². The summed E-state index contributed by atoms with van der Waals surface area (Å²) in [7, 11) is 0. The quantitative estimate of drug-likeness (QED) is 0.732. The molecule has 1 heterocycles. The Labute approximate surface area is 82.5 Å². The van der Waals surface area contributed by atoms with Gasteiger partial charge in [-0.05, 0) is 19.8 Å². The molecule has 0 saturated heterocycles. The summed E-state index contributed by atoms with van der Waals surface area (Å²) >= 11 is 1.72. The highest BCUT2D eigenvalue weighted by Crippen LogP contribution is 2.21. The van der Waals surface area contributed by atoms with Gasteiger partial charge in [0, 0.05) is 17.8 Å². The second kappa shape index (κ2) is 3.60. The van der Waals surface area contributed by atoms with E-state index in [0.717, 1.165) is 24.3 Å². The predicted molar refractivity (Wildman–Crippen MR) is 55.8 cm³/mol. The average molecular weight is 194 g/mol. The Balaban J connectivity index is 2.02. The largest absolute Gasteiger partial charge is 0.324 e. The lowest BCUT2D eigenvalue weighted by Crippen LogP contribution is -2.11. The van der Waals surface area contributed by atoms with Crippen LogP contribution in [0.3, 0.4) is 0 Å². The van der Waals surface area contributed by atoms with Crippen LogP contribution in [0, 0.1) is 6.92 Å². The molecule has 1 aliphatic rings. The molecule has 13 heavy (non-hydrogen) atoms. The minimum Gasteiger partial charge on any atom is -0.324 e. The van der Waals surface area contributed by atoms with Crippen LogP contribution in [0.25, 0.3) is 0 Å². The molecule has 1 aromatic heterocycles. The molecule has 1 unspecified atom stereocenters. The van der Waals surface area contributed by atoms with Gasteiger partial charge in [0.1, 0.15) is 0 Å². The molecule has 70 valence electrons. The number of rotatable bonds is 2. The van der Waals surface area contributed by atoms with Crippen LogP contribution in [-0.4, -0.2) is 11.0 Å². The van der Waals surface area contributed by atoms with Crippen molar-refractivity contribution in [3.05, 3.63) is 27.7 Å². The summed E-state index contributed by atoms with van der Waals surface area (Å²) in [6.07, 6.45) is 5.45. The standard InChI is InChI=1S/C10H14N2S/c1-7-12-10(6-13-7)5-8-2-3-9(11)4-8/h4,6,9H,2-3,5,11H2,1H3. The molecule has 0 aliphatic heterocycles. The van der Waals surface area contributed by atoms with Gasteiger partial charge in [-0.25, -0.2) is 4.98 Å². The number of nitrogens with two attached hydrogens (primary N) is 1. The first kappa shape index (κ1) is 8.91. The van der Waals surface area contributed by atoms with Gasteiger partial charge in [-0.3, -0.25) is 0 Å². The van der Waals surface area contributed by atoms with Gasteiger partial charge in [0.25, 0.3) is 0 Å². The topological polar surface area (TPSA) is 38.9 Å². The van der Waals surface area contributed by atoms with Gasteiger partial charge in [0.15, 0.2) is 0 Å². The molecule has 3 heteroatoms. The van der Waals surface area contributed by atoms with Crippen LogP contribution in [0.5, 0.6) is 0 Å². The predicted octanol–water partition coefficient (Wildman–Crippen LogP) is 2.04. The molecule has 1 aliphatic carbocycles. The second-order valence-electron chi connectivity index (χ2n) is 3.56. The molecule has 0 amide bonds. The fraction of sp³-hybridized carbons (Fsp3) is 0.500. The van der Waals surface area contributed by atoms with E-state index in [-0.39, 0.29) is 6.04 Å². The first-order chi connectivity index (χ1) is 6.24. The van der Waals surface area contributed by atoms with Gasteiger partial charge in [0.2, 0.25) is 0 Å². The minimum absolute atomic E-state index is 0.287.